The van der Waals surface area contributed by atoms with Gasteiger partial charge in [-0.3, -0.25) is 9.59 Å². The minimum atomic E-state index is -0.427. The molecule has 0 aromatic heterocycles. The van der Waals surface area contributed by atoms with E-state index in [1.807, 2.05) is 61.5 Å². The smallest absolute Gasteiger partial charge is 0.310 e. The lowest BCUT2D eigenvalue weighted by Gasteiger charge is -2.10. The molecule has 0 fully saturated rings. The fourth-order valence-electron chi connectivity index (χ4n) is 2.75. The van der Waals surface area contributed by atoms with Gasteiger partial charge in [0.15, 0.2) is 6.61 Å². The molecule has 0 aliphatic rings. The second kappa shape index (κ2) is 8.15. The lowest BCUT2D eigenvalue weighted by molar-refractivity contribution is -0.146. The van der Waals surface area contributed by atoms with Gasteiger partial charge in [-0.2, -0.15) is 0 Å². The molecule has 26 heavy (non-hydrogen) atoms. The Morgan fingerprint density at radius 2 is 1.81 bits per heavy atom. The lowest BCUT2D eigenvalue weighted by atomic mass is 10.0. The number of ether oxygens (including phenoxy) is 1. The minimum absolute atomic E-state index is 0.131. The van der Waals surface area contributed by atoms with Crippen LogP contribution in [0.5, 0.6) is 0 Å². The van der Waals surface area contributed by atoms with Crippen molar-refractivity contribution in [3.8, 4) is 0 Å². The molecule has 3 aromatic carbocycles. The van der Waals surface area contributed by atoms with E-state index < -0.39 is 5.97 Å². The van der Waals surface area contributed by atoms with Crippen LogP contribution in [0.4, 0.5) is 5.69 Å². The van der Waals surface area contributed by atoms with Gasteiger partial charge >= 0.3 is 5.97 Å². The SMILES string of the molecule is Cc1cc(Br)ccc1NC(=O)COC(=O)Cc1cccc2ccccc12. The predicted molar refractivity (Wildman–Crippen MR) is 106 cm³/mol. The molecular weight excluding hydrogens is 394 g/mol. The molecule has 3 aromatic rings. The van der Waals surface area contributed by atoms with Crippen molar-refractivity contribution in [3.63, 3.8) is 0 Å². The van der Waals surface area contributed by atoms with Gasteiger partial charge in [-0.05, 0) is 47.0 Å². The van der Waals surface area contributed by atoms with E-state index in [-0.39, 0.29) is 18.9 Å². The van der Waals surface area contributed by atoms with Gasteiger partial charge in [-0.15, -0.1) is 0 Å². The van der Waals surface area contributed by atoms with Crippen molar-refractivity contribution in [1.82, 2.24) is 0 Å². The van der Waals surface area contributed by atoms with Crippen LogP contribution in [0.25, 0.3) is 10.8 Å². The average Bonchev–Trinajstić information content (AvgIpc) is 2.63. The third kappa shape index (κ3) is 4.49. The Balaban J connectivity index is 1.57. The van der Waals surface area contributed by atoms with Crippen LogP contribution in [0.3, 0.4) is 0 Å². The third-order valence-corrected chi connectivity index (χ3v) is 4.53. The Kier molecular flexibility index (Phi) is 5.68. The highest BCUT2D eigenvalue weighted by Gasteiger charge is 2.11. The molecule has 0 aliphatic heterocycles. The van der Waals surface area contributed by atoms with Crippen LogP contribution in [0.15, 0.2) is 65.1 Å². The number of fused-ring (bicyclic) bond motifs is 1. The summed E-state index contributed by atoms with van der Waals surface area (Å²) in [5, 5.41) is 4.84. The normalized spacial score (nSPS) is 10.5. The Hall–Kier alpha value is -2.66. The van der Waals surface area contributed by atoms with Gasteiger partial charge in [0.2, 0.25) is 0 Å². The zero-order valence-electron chi connectivity index (χ0n) is 14.3. The van der Waals surface area contributed by atoms with Crippen molar-refractivity contribution in [2.75, 3.05) is 11.9 Å². The summed E-state index contributed by atoms with van der Waals surface area (Å²) in [7, 11) is 0. The first-order valence-corrected chi connectivity index (χ1v) is 9.00. The van der Waals surface area contributed by atoms with Crippen molar-refractivity contribution in [2.45, 2.75) is 13.3 Å². The number of anilines is 1. The Bertz CT molecular complexity index is 963. The third-order valence-electron chi connectivity index (χ3n) is 4.04. The number of aryl methyl sites for hydroxylation is 1. The zero-order chi connectivity index (χ0) is 18.5. The lowest BCUT2D eigenvalue weighted by Crippen LogP contribution is -2.22. The van der Waals surface area contributed by atoms with E-state index in [9.17, 15) is 9.59 Å². The second-order valence-corrected chi connectivity index (χ2v) is 6.90. The number of hydrogen-bond donors (Lipinski definition) is 1. The van der Waals surface area contributed by atoms with E-state index >= 15 is 0 Å². The van der Waals surface area contributed by atoms with Crippen LogP contribution >= 0.6 is 15.9 Å². The topological polar surface area (TPSA) is 55.4 Å². The zero-order valence-corrected chi connectivity index (χ0v) is 15.9. The summed E-state index contributed by atoms with van der Waals surface area (Å²) in [4.78, 5) is 24.1. The van der Waals surface area contributed by atoms with Gasteiger partial charge in [0.25, 0.3) is 5.91 Å². The summed E-state index contributed by atoms with van der Waals surface area (Å²) < 4.78 is 6.07. The Morgan fingerprint density at radius 1 is 1.04 bits per heavy atom. The van der Waals surface area contributed by atoms with E-state index in [2.05, 4.69) is 21.2 Å². The molecule has 0 heterocycles. The molecule has 5 heteroatoms. The number of carbonyl (C=O) groups excluding carboxylic acids is 2. The molecule has 3 rings (SSSR count). The second-order valence-electron chi connectivity index (χ2n) is 5.98. The molecule has 0 radical (unpaired) electrons. The van der Waals surface area contributed by atoms with E-state index in [0.717, 1.165) is 26.4 Å². The quantitative estimate of drug-likeness (QED) is 0.622. The van der Waals surface area contributed by atoms with Crippen LogP contribution in [0.1, 0.15) is 11.1 Å². The maximum atomic E-state index is 12.1. The maximum Gasteiger partial charge on any atom is 0.310 e. The molecular formula is C21H18BrNO3. The summed E-state index contributed by atoms with van der Waals surface area (Å²) in [5.41, 5.74) is 2.51. The molecule has 0 unspecified atom stereocenters. The van der Waals surface area contributed by atoms with E-state index in [4.69, 9.17) is 4.74 Å². The first-order chi connectivity index (χ1) is 12.5. The number of hydrogen-bond acceptors (Lipinski definition) is 3. The van der Waals surface area contributed by atoms with E-state index in [1.54, 1.807) is 6.07 Å². The van der Waals surface area contributed by atoms with Gasteiger partial charge in [0.1, 0.15) is 0 Å². The minimum Gasteiger partial charge on any atom is -0.455 e. The van der Waals surface area contributed by atoms with Crippen LogP contribution in [-0.2, 0) is 20.7 Å². The summed E-state index contributed by atoms with van der Waals surface area (Å²) in [6, 6.07) is 19.2. The first kappa shape index (κ1) is 18.1. The van der Waals surface area contributed by atoms with Crippen LogP contribution in [-0.4, -0.2) is 18.5 Å². The molecule has 0 aliphatic carbocycles. The highest BCUT2D eigenvalue weighted by atomic mass is 79.9. The number of rotatable bonds is 5. The number of nitrogens with one attached hydrogen (secondary N) is 1. The molecule has 0 saturated carbocycles. The van der Waals surface area contributed by atoms with Crippen LogP contribution in [0.2, 0.25) is 0 Å². The molecule has 0 atom stereocenters. The van der Waals surface area contributed by atoms with E-state index in [0.29, 0.717) is 5.69 Å². The van der Waals surface area contributed by atoms with Gasteiger partial charge in [-0.25, -0.2) is 0 Å². The average molecular weight is 412 g/mol. The summed E-state index contributed by atoms with van der Waals surface area (Å²) in [6.07, 6.45) is 0.131. The van der Waals surface area contributed by atoms with Gasteiger partial charge in [0.05, 0.1) is 6.42 Å². The highest BCUT2D eigenvalue weighted by molar-refractivity contribution is 9.10. The van der Waals surface area contributed by atoms with Gasteiger partial charge < -0.3 is 10.1 Å². The Morgan fingerprint density at radius 3 is 2.62 bits per heavy atom. The fourth-order valence-corrected chi connectivity index (χ4v) is 3.23. The van der Waals surface area contributed by atoms with Crippen molar-refractivity contribution < 1.29 is 14.3 Å². The van der Waals surface area contributed by atoms with Crippen molar-refractivity contribution in [3.05, 3.63) is 76.3 Å². The molecule has 1 N–H and O–H groups in total. The van der Waals surface area contributed by atoms with Gasteiger partial charge in [-0.1, -0.05) is 58.4 Å². The molecule has 0 bridgehead atoms. The van der Waals surface area contributed by atoms with Crippen LogP contribution in [0, 0.1) is 6.92 Å². The molecule has 1 amide bonds. The molecule has 0 spiro atoms. The van der Waals surface area contributed by atoms with Crippen LogP contribution < -0.4 is 5.32 Å². The van der Waals surface area contributed by atoms with E-state index in [1.165, 1.54) is 0 Å². The van der Waals surface area contributed by atoms with Crippen molar-refractivity contribution >= 4 is 44.3 Å². The Labute approximate surface area is 160 Å². The highest BCUT2D eigenvalue weighted by Crippen LogP contribution is 2.20. The number of benzene rings is 3. The summed E-state index contributed by atoms with van der Waals surface area (Å²) in [6.45, 7) is 1.59. The number of carbonyl (C=O) groups is 2. The molecule has 132 valence electrons. The summed E-state index contributed by atoms with van der Waals surface area (Å²) in [5.74, 6) is -0.786. The number of amides is 1. The number of esters is 1. The van der Waals surface area contributed by atoms with Crippen molar-refractivity contribution in [2.24, 2.45) is 0 Å². The van der Waals surface area contributed by atoms with Crippen molar-refractivity contribution in [1.29, 1.82) is 0 Å². The molecule has 4 nitrogen and oxygen atoms in total. The number of halogens is 1. The largest absolute Gasteiger partial charge is 0.455 e. The standard InChI is InChI=1S/C21H18BrNO3/c1-14-11-17(22)9-10-19(14)23-20(24)13-26-21(25)12-16-7-4-6-15-5-2-3-8-18(15)16/h2-11H,12-13H2,1H3,(H,23,24). The monoisotopic (exact) mass is 411 g/mol. The predicted octanol–water partition coefficient (Wildman–Crippen LogP) is 4.64. The van der Waals surface area contributed by atoms with Gasteiger partial charge in [0, 0.05) is 10.2 Å². The fraction of sp³-hybridized carbons (Fsp3) is 0.143. The first-order valence-electron chi connectivity index (χ1n) is 8.21. The molecule has 0 saturated heterocycles. The maximum absolute atomic E-state index is 12.1. The summed E-state index contributed by atoms with van der Waals surface area (Å²) >= 11 is 3.38.